The van der Waals surface area contributed by atoms with E-state index in [0.29, 0.717) is 53.1 Å². The third-order valence-electron chi connectivity index (χ3n) is 4.87. The average molecular weight is 516 g/mol. The number of amides is 2. The van der Waals surface area contributed by atoms with Crippen LogP contribution >= 0.6 is 11.3 Å². The number of esters is 1. The maximum Gasteiger partial charge on any atom is 0.325 e. The van der Waals surface area contributed by atoms with E-state index in [9.17, 15) is 14.4 Å². The Morgan fingerprint density at radius 3 is 2.17 bits per heavy atom. The lowest BCUT2D eigenvalue weighted by Crippen LogP contribution is -2.22. The average Bonchev–Trinajstić information content (AvgIpc) is 3.16. The number of rotatable bonds is 10. The number of fused-ring (bicyclic) bond motifs is 1. The van der Waals surface area contributed by atoms with Crippen LogP contribution in [-0.4, -0.2) is 49.3 Å². The molecule has 2 amide bonds. The first-order valence-electron chi connectivity index (χ1n) is 11.4. The Bertz CT molecular complexity index is 1320. The lowest BCUT2D eigenvalue weighted by molar-refractivity contribution is -0.141. The van der Waals surface area contributed by atoms with E-state index in [1.165, 1.54) is 25.4 Å². The van der Waals surface area contributed by atoms with Crippen molar-refractivity contribution in [3.8, 4) is 17.2 Å². The van der Waals surface area contributed by atoms with Crippen LogP contribution in [0.3, 0.4) is 0 Å². The summed E-state index contributed by atoms with van der Waals surface area (Å²) in [6, 6.07) is 8.35. The van der Waals surface area contributed by atoms with Gasteiger partial charge in [0.05, 0.1) is 37.1 Å². The number of nitrogens with zero attached hydrogens (tertiary/aromatic N) is 2. The zero-order valence-corrected chi connectivity index (χ0v) is 21.7. The Balaban J connectivity index is 2.15. The molecule has 0 spiro atoms. The zero-order chi connectivity index (χ0) is 26.2. The molecule has 3 aromatic rings. The second-order valence-corrected chi connectivity index (χ2v) is 8.44. The van der Waals surface area contributed by atoms with E-state index in [0.717, 1.165) is 4.70 Å². The molecule has 1 aromatic heterocycles. The number of hydrogen-bond acceptors (Lipinski definition) is 8. The second-order valence-electron chi connectivity index (χ2n) is 7.43. The SMILES string of the molecule is CCOc1cc(C(=O)N=c2sc3cc(NC(C)=O)ccc3n2CC(=O)OC)cc(OCC)c1OCC. The number of thiazole rings is 1. The quantitative estimate of drug-likeness (QED) is 0.409. The summed E-state index contributed by atoms with van der Waals surface area (Å²) in [6.45, 7) is 7.92. The Morgan fingerprint density at radius 2 is 1.61 bits per heavy atom. The number of hydrogen-bond donors (Lipinski definition) is 1. The van der Waals surface area contributed by atoms with E-state index in [4.69, 9.17) is 18.9 Å². The summed E-state index contributed by atoms with van der Waals surface area (Å²) in [4.78, 5) is 41.5. The largest absolute Gasteiger partial charge is 0.490 e. The number of anilines is 1. The van der Waals surface area contributed by atoms with E-state index in [-0.39, 0.29) is 18.0 Å². The summed E-state index contributed by atoms with van der Waals surface area (Å²) in [7, 11) is 1.29. The van der Waals surface area contributed by atoms with Gasteiger partial charge in [-0.05, 0) is 51.1 Å². The zero-order valence-electron chi connectivity index (χ0n) is 20.9. The van der Waals surface area contributed by atoms with E-state index in [2.05, 4.69) is 10.3 Å². The van der Waals surface area contributed by atoms with Gasteiger partial charge in [0.1, 0.15) is 6.54 Å². The molecule has 0 saturated heterocycles. The van der Waals surface area contributed by atoms with E-state index in [1.807, 2.05) is 20.8 Å². The summed E-state index contributed by atoms with van der Waals surface area (Å²) >= 11 is 1.21. The van der Waals surface area contributed by atoms with E-state index >= 15 is 0 Å². The fraction of sp³-hybridized carbons (Fsp3) is 0.360. The number of methoxy groups -OCH3 is 1. The van der Waals surface area contributed by atoms with Gasteiger partial charge in [-0.1, -0.05) is 11.3 Å². The highest BCUT2D eigenvalue weighted by Crippen LogP contribution is 2.39. The van der Waals surface area contributed by atoms with Crippen LogP contribution in [0.15, 0.2) is 35.3 Å². The second kappa shape index (κ2) is 12.2. The van der Waals surface area contributed by atoms with Gasteiger partial charge in [0.2, 0.25) is 11.7 Å². The lowest BCUT2D eigenvalue weighted by Gasteiger charge is -2.16. The molecule has 0 atom stereocenters. The minimum Gasteiger partial charge on any atom is -0.490 e. The predicted molar refractivity (Wildman–Crippen MR) is 136 cm³/mol. The highest BCUT2D eigenvalue weighted by atomic mass is 32.1. The number of carbonyl (C=O) groups excluding carboxylic acids is 3. The normalized spacial score (nSPS) is 11.3. The molecular formula is C25H29N3O7S. The first-order valence-corrected chi connectivity index (χ1v) is 12.3. The van der Waals surface area contributed by atoms with Gasteiger partial charge in [-0.3, -0.25) is 14.4 Å². The Morgan fingerprint density at radius 1 is 0.972 bits per heavy atom. The minimum atomic E-state index is -0.549. The van der Waals surface area contributed by atoms with Crippen LogP contribution in [0.5, 0.6) is 17.2 Å². The molecule has 0 unspecified atom stereocenters. The molecular weight excluding hydrogens is 486 g/mol. The van der Waals surface area contributed by atoms with Crippen LogP contribution in [0, 0.1) is 0 Å². The number of ether oxygens (including phenoxy) is 4. The standard InChI is InChI=1S/C25H29N3O7S/c1-6-33-19-11-16(12-20(34-7-2)23(19)35-8-3)24(31)27-25-28(14-22(30)32-5)18-10-9-17(26-15(4)29)13-21(18)36-25/h9-13H,6-8,14H2,1-5H3,(H,26,29). The Hall–Kier alpha value is -3.86. The number of nitrogens with one attached hydrogen (secondary N) is 1. The molecule has 0 fully saturated rings. The van der Waals surface area contributed by atoms with Crippen molar-refractivity contribution in [2.24, 2.45) is 4.99 Å². The third kappa shape index (κ3) is 6.22. The van der Waals surface area contributed by atoms with Crippen LogP contribution in [0.4, 0.5) is 5.69 Å². The van der Waals surface area contributed by atoms with E-state index in [1.54, 1.807) is 34.9 Å². The molecule has 2 aromatic carbocycles. The topological polar surface area (TPSA) is 117 Å². The molecule has 36 heavy (non-hydrogen) atoms. The molecule has 192 valence electrons. The van der Waals surface area contributed by atoms with Crippen LogP contribution in [-0.2, 0) is 20.9 Å². The van der Waals surface area contributed by atoms with Gasteiger partial charge in [-0.2, -0.15) is 4.99 Å². The number of carbonyl (C=O) groups is 3. The van der Waals surface area contributed by atoms with Gasteiger partial charge < -0.3 is 28.8 Å². The number of benzene rings is 2. The summed E-state index contributed by atoms with van der Waals surface area (Å²) in [5.41, 5.74) is 1.50. The number of aromatic nitrogens is 1. The van der Waals surface area contributed by atoms with Crippen LogP contribution < -0.4 is 24.3 Å². The molecule has 0 radical (unpaired) electrons. The molecule has 11 heteroatoms. The monoisotopic (exact) mass is 515 g/mol. The molecule has 0 saturated carbocycles. The summed E-state index contributed by atoms with van der Waals surface area (Å²) in [6.07, 6.45) is 0. The molecule has 10 nitrogen and oxygen atoms in total. The van der Waals surface area contributed by atoms with E-state index < -0.39 is 11.9 Å². The summed E-state index contributed by atoms with van der Waals surface area (Å²) < 4.78 is 24.3. The third-order valence-corrected chi connectivity index (χ3v) is 5.91. The van der Waals surface area contributed by atoms with Crippen molar-refractivity contribution in [2.75, 3.05) is 32.2 Å². The highest BCUT2D eigenvalue weighted by molar-refractivity contribution is 7.16. The maximum absolute atomic E-state index is 13.3. The Labute approximate surface area is 212 Å². The van der Waals surface area contributed by atoms with Crippen LogP contribution in [0.1, 0.15) is 38.1 Å². The predicted octanol–water partition coefficient (Wildman–Crippen LogP) is 3.77. The fourth-order valence-corrected chi connectivity index (χ4v) is 4.52. The first kappa shape index (κ1) is 26.7. The Kier molecular flexibility index (Phi) is 9.07. The van der Waals surface area contributed by atoms with Gasteiger partial charge in [0.25, 0.3) is 5.91 Å². The first-order chi connectivity index (χ1) is 17.3. The molecule has 0 aliphatic carbocycles. The smallest absolute Gasteiger partial charge is 0.325 e. The molecule has 1 heterocycles. The van der Waals surface area contributed by atoms with Crippen molar-refractivity contribution in [2.45, 2.75) is 34.2 Å². The van der Waals surface area contributed by atoms with Gasteiger partial charge >= 0.3 is 5.97 Å². The summed E-state index contributed by atoms with van der Waals surface area (Å²) in [5, 5.41) is 2.73. The van der Waals surface area contributed by atoms with Crippen LogP contribution in [0.2, 0.25) is 0 Å². The van der Waals surface area contributed by atoms with Gasteiger partial charge in [-0.25, -0.2) is 0 Å². The molecule has 0 aliphatic heterocycles. The molecule has 3 rings (SSSR count). The van der Waals surface area contributed by atoms with Gasteiger partial charge in [0, 0.05) is 18.2 Å². The fourth-order valence-electron chi connectivity index (χ4n) is 3.45. The van der Waals surface area contributed by atoms with Crippen molar-refractivity contribution in [1.29, 1.82) is 0 Å². The minimum absolute atomic E-state index is 0.139. The van der Waals surface area contributed by atoms with Crippen molar-refractivity contribution in [3.05, 3.63) is 40.7 Å². The molecule has 0 aliphatic rings. The van der Waals surface area contributed by atoms with Crippen molar-refractivity contribution in [1.82, 2.24) is 4.57 Å². The highest BCUT2D eigenvalue weighted by Gasteiger charge is 2.19. The van der Waals surface area contributed by atoms with Gasteiger partial charge in [0.15, 0.2) is 16.3 Å². The lowest BCUT2D eigenvalue weighted by atomic mass is 10.1. The molecule has 0 bridgehead atoms. The molecule has 1 N–H and O–H groups in total. The van der Waals surface area contributed by atoms with Crippen LogP contribution in [0.25, 0.3) is 10.2 Å². The summed E-state index contributed by atoms with van der Waals surface area (Å²) in [5.74, 6) is -0.0739. The van der Waals surface area contributed by atoms with Crippen molar-refractivity contribution in [3.63, 3.8) is 0 Å². The van der Waals surface area contributed by atoms with Crippen molar-refractivity contribution >= 4 is 45.0 Å². The van der Waals surface area contributed by atoms with Crippen molar-refractivity contribution < 1.29 is 33.3 Å². The van der Waals surface area contributed by atoms with Gasteiger partial charge in [-0.15, -0.1) is 0 Å². The maximum atomic E-state index is 13.3.